The van der Waals surface area contributed by atoms with Crippen molar-refractivity contribution in [3.63, 3.8) is 0 Å². The first kappa shape index (κ1) is 17.3. The fraction of sp³-hybridized carbons (Fsp3) is 0. The molecule has 9 heteroatoms. The van der Waals surface area contributed by atoms with Crippen LogP contribution < -0.4 is 15.8 Å². The highest BCUT2D eigenvalue weighted by molar-refractivity contribution is 9.10. The molecule has 0 atom stereocenters. The lowest BCUT2D eigenvalue weighted by Gasteiger charge is -2.10. The SMILES string of the molecule is NS(=O)(=O)c1ccc(Nc2ncc(Br)c(Nc3ccccc3)n2)cc1. The van der Waals surface area contributed by atoms with Crippen molar-refractivity contribution in [2.75, 3.05) is 10.6 Å². The van der Waals surface area contributed by atoms with Gasteiger partial charge in [-0.25, -0.2) is 18.5 Å². The summed E-state index contributed by atoms with van der Waals surface area (Å²) in [6, 6.07) is 15.6. The fourth-order valence-electron chi connectivity index (χ4n) is 2.03. The Balaban J connectivity index is 1.80. The van der Waals surface area contributed by atoms with Crippen LogP contribution in [0.2, 0.25) is 0 Å². The quantitative estimate of drug-likeness (QED) is 0.584. The van der Waals surface area contributed by atoms with E-state index in [0.29, 0.717) is 21.9 Å². The summed E-state index contributed by atoms with van der Waals surface area (Å²) in [7, 11) is -3.71. The predicted octanol–water partition coefficient (Wildman–Crippen LogP) is 3.37. The van der Waals surface area contributed by atoms with E-state index in [-0.39, 0.29) is 4.90 Å². The molecular formula is C16H14BrN5O2S. The molecule has 7 nitrogen and oxygen atoms in total. The van der Waals surface area contributed by atoms with E-state index in [1.165, 1.54) is 12.1 Å². The topological polar surface area (TPSA) is 110 Å². The maximum atomic E-state index is 11.3. The van der Waals surface area contributed by atoms with Gasteiger partial charge < -0.3 is 10.6 Å². The molecule has 128 valence electrons. The molecule has 1 aromatic heterocycles. The molecule has 0 aliphatic heterocycles. The Bertz CT molecular complexity index is 979. The summed E-state index contributed by atoms with van der Waals surface area (Å²) in [4.78, 5) is 8.65. The zero-order valence-electron chi connectivity index (χ0n) is 12.8. The minimum Gasteiger partial charge on any atom is -0.339 e. The number of nitrogens with two attached hydrogens (primary N) is 1. The Kier molecular flexibility index (Phi) is 4.98. The van der Waals surface area contributed by atoms with Crippen LogP contribution in [0, 0.1) is 0 Å². The van der Waals surface area contributed by atoms with Gasteiger partial charge in [0.05, 0.1) is 9.37 Å². The predicted molar refractivity (Wildman–Crippen MR) is 101 cm³/mol. The maximum absolute atomic E-state index is 11.3. The molecule has 0 aliphatic carbocycles. The number of hydrogen-bond acceptors (Lipinski definition) is 6. The number of primary sulfonamides is 1. The van der Waals surface area contributed by atoms with Crippen LogP contribution in [0.4, 0.5) is 23.1 Å². The van der Waals surface area contributed by atoms with E-state index in [1.54, 1.807) is 18.3 Å². The Morgan fingerprint density at radius 3 is 2.20 bits per heavy atom. The van der Waals surface area contributed by atoms with Crippen LogP contribution in [0.1, 0.15) is 0 Å². The van der Waals surface area contributed by atoms with Crippen LogP contribution in [-0.4, -0.2) is 18.4 Å². The van der Waals surface area contributed by atoms with E-state index >= 15 is 0 Å². The summed E-state index contributed by atoms with van der Waals surface area (Å²) in [5, 5.41) is 11.3. The molecule has 0 saturated heterocycles. The van der Waals surface area contributed by atoms with Gasteiger partial charge in [-0.3, -0.25) is 0 Å². The number of rotatable bonds is 5. The first-order chi connectivity index (χ1) is 11.9. The van der Waals surface area contributed by atoms with Crippen molar-refractivity contribution in [2.45, 2.75) is 4.90 Å². The molecule has 4 N–H and O–H groups in total. The Morgan fingerprint density at radius 1 is 0.920 bits per heavy atom. The highest BCUT2D eigenvalue weighted by Crippen LogP contribution is 2.25. The number of aromatic nitrogens is 2. The van der Waals surface area contributed by atoms with Gasteiger partial charge in [0.15, 0.2) is 0 Å². The molecular weight excluding hydrogens is 406 g/mol. The number of halogens is 1. The Hall–Kier alpha value is -2.49. The molecule has 0 bridgehead atoms. The van der Waals surface area contributed by atoms with Crippen LogP contribution in [-0.2, 0) is 10.0 Å². The average Bonchev–Trinajstić information content (AvgIpc) is 2.58. The van der Waals surface area contributed by atoms with Gasteiger partial charge in [-0.05, 0) is 52.3 Å². The highest BCUT2D eigenvalue weighted by atomic mass is 79.9. The average molecular weight is 420 g/mol. The van der Waals surface area contributed by atoms with Crippen LogP contribution in [0.15, 0.2) is 70.2 Å². The van der Waals surface area contributed by atoms with Crippen LogP contribution >= 0.6 is 15.9 Å². The van der Waals surface area contributed by atoms with Crippen molar-refractivity contribution in [2.24, 2.45) is 5.14 Å². The third-order valence-electron chi connectivity index (χ3n) is 3.22. The minimum absolute atomic E-state index is 0.0428. The number of nitrogens with one attached hydrogen (secondary N) is 2. The van der Waals surface area contributed by atoms with Crippen molar-refractivity contribution in [3.8, 4) is 0 Å². The second-order valence-electron chi connectivity index (χ2n) is 5.08. The fourth-order valence-corrected chi connectivity index (χ4v) is 2.84. The van der Waals surface area contributed by atoms with Gasteiger partial charge in [0.25, 0.3) is 0 Å². The van der Waals surface area contributed by atoms with Crippen molar-refractivity contribution >= 4 is 49.1 Å². The van der Waals surface area contributed by atoms with Crippen molar-refractivity contribution in [1.82, 2.24) is 9.97 Å². The maximum Gasteiger partial charge on any atom is 0.238 e. The molecule has 0 fully saturated rings. The van der Waals surface area contributed by atoms with Crippen molar-refractivity contribution < 1.29 is 8.42 Å². The van der Waals surface area contributed by atoms with Gasteiger partial charge in [-0.15, -0.1) is 0 Å². The molecule has 25 heavy (non-hydrogen) atoms. The second-order valence-corrected chi connectivity index (χ2v) is 7.49. The molecule has 0 spiro atoms. The van der Waals surface area contributed by atoms with Crippen molar-refractivity contribution in [1.29, 1.82) is 0 Å². The number of para-hydroxylation sites is 1. The second kappa shape index (κ2) is 7.18. The lowest BCUT2D eigenvalue weighted by atomic mass is 10.3. The summed E-state index contributed by atoms with van der Waals surface area (Å²) in [6.07, 6.45) is 1.62. The minimum atomic E-state index is -3.71. The number of benzene rings is 2. The number of nitrogens with zero attached hydrogens (tertiary/aromatic N) is 2. The van der Waals surface area contributed by atoms with E-state index in [0.717, 1.165) is 5.69 Å². The normalized spacial score (nSPS) is 11.1. The van der Waals surface area contributed by atoms with E-state index < -0.39 is 10.0 Å². The number of sulfonamides is 1. The zero-order valence-corrected chi connectivity index (χ0v) is 15.3. The molecule has 2 aromatic carbocycles. The Labute approximate surface area is 153 Å². The van der Waals surface area contributed by atoms with Gasteiger partial charge in [0, 0.05) is 17.6 Å². The van der Waals surface area contributed by atoms with Crippen LogP contribution in [0.3, 0.4) is 0 Å². The monoisotopic (exact) mass is 419 g/mol. The highest BCUT2D eigenvalue weighted by Gasteiger charge is 2.09. The van der Waals surface area contributed by atoms with Gasteiger partial charge in [-0.2, -0.15) is 4.98 Å². The first-order valence-electron chi connectivity index (χ1n) is 7.16. The molecule has 3 aromatic rings. The number of anilines is 4. The van der Waals surface area contributed by atoms with E-state index in [2.05, 4.69) is 36.5 Å². The largest absolute Gasteiger partial charge is 0.339 e. The van der Waals surface area contributed by atoms with E-state index in [4.69, 9.17) is 5.14 Å². The summed E-state index contributed by atoms with van der Waals surface area (Å²) in [5.41, 5.74) is 1.53. The van der Waals surface area contributed by atoms with Gasteiger partial charge in [-0.1, -0.05) is 18.2 Å². The van der Waals surface area contributed by atoms with Crippen molar-refractivity contribution in [3.05, 3.63) is 65.3 Å². The molecule has 3 rings (SSSR count). The molecule has 0 unspecified atom stereocenters. The molecule has 0 aliphatic rings. The summed E-state index contributed by atoms with van der Waals surface area (Å²) < 4.78 is 23.3. The lowest BCUT2D eigenvalue weighted by Crippen LogP contribution is -2.11. The van der Waals surface area contributed by atoms with Gasteiger partial charge in [0.2, 0.25) is 16.0 Å². The number of hydrogen-bond donors (Lipinski definition) is 3. The van der Waals surface area contributed by atoms with E-state index in [9.17, 15) is 8.42 Å². The van der Waals surface area contributed by atoms with E-state index in [1.807, 2.05) is 30.3 Å². The molecule has 0 radical (unpaired) electrons. The molecule has 1 heterocycles. The Morgan fingerprint density at radius 2 is 1.56 bits per heavy atom. The van der Waals surface area contributed by atoms with Gasteiger partial charge >= 0.3 is 0 Å². The first-order valence-corrected chi connectivity index (χ1v) is 9.50. The van der Waals surface area contributed by atoms with Crippen LogP contribution in [0.25, 0.3) is 0 Å². The third kappa shape index (κ3) is 4.53. The summed E-state index contributed by atoms with van der Waals surface area (Å²) in [5.74, 6) is 0.967. The van der Waals surface area contributed by atoms with Gasteiger partial charge in [0.1, 0.15) is 5.82 Å². The third-order valence-corrected chi connectivity index (χ3v) is 4.73. The smallest absolute Gasteiger partial charge is 0.238 e. The summed E-state index contributed by atoms with van der Waals surface area (Å²) in [6.45, 7) is 0. The molecule has 0 amide bonds. The summed E-state index contributed by atoms with van der Waals surface area (Å²) >= 11 is 3.41. The molecule has 0 saturated carbocycles. The van der Waals surface area contributed by atoms with Crippen LogP contribution in [0.5, 0.6) is 0 Å². The lowest BCUT2D eigenvalue weighted by molar-refractivity contribution is 0.598. The zero-order chi connectivity index (χ0) is 17.9. The standard InChI is InChI=1S/C16H14BrN5O2S/c17-14-10-19-16(22-15(14)20-11-4-2-1-3-5-11)21-12-6-8-13(9-7-12)25(18,23)24/h1-10H,(H2,18,23,24)(H2,19,20,21,22).